The first-order valence-corrected chi connectivity index (χ1v) is 10.1. The summed E-state index contributed by atoms with van der Waals surface area (Å²) < 4.78 is 5.35. The molecule has 2 aliphatic rings. The van der Waals surface area contributed by atoms with Crippen LogP contribution in [0.4, 0.5) is 5.95 Å². The van der Waals surface area contributed by atoms with Gasteiger partial charge in [0.15, 0.2) is 0 Å². The second-order valence-corrected chi connectivity index (χ2v) is 7.15. The molecule has 0 unspecified atom stereocenters. The Morgan fingerprint density at radius 2 is 1.89 bits per heavy atom. The van der Waals surface area contributed by atoms with Gasteiger partial charge < -0.3 is 19.9 Å². The first-order chi connectivity index (χ1) is 13.2. The molecule has 1 aromatic rings. The van der Waals surface area contributed by atoms with E-state index < -0.39 is 0 Å². The van der Waals surface area contributed by atoms with Gasteiger partial charge in [0.25, 0.3) is 5.91 Å². The van der Waals surface area contributed by atoms with Crippen molar-refractivity contribution in [3.8, 4) is 0 Å². The van der Waals surface area contributed by atoms with Gasteiger partial charge in [0.05, 0.1) is 24.5 Å². The Labute approximate surface area is 161 Å². The van der Waals surface area contributed by atoms with Gasteiger partial charge in [-0.15, -0.1) is 0 Å². The molecule has 0 aliphatic carbocycles. The predicted octanol–water partition coefficient (Wildman–Crippen LogP) is 0.379. The molecule has 0 aromatic carbocycles. The monoisotopic (exact) mass is 376 g/mol. The summed E-state index contributed by atoms with van der Waals surface area (Å²) >= 11 is 0. The summed E-state index contributed by atoms with van der Waals surface area (Å²) in [5, 5.41) is 2.99. The van der Waals surface area contributed by atoms with Crippen molar-refractivity contribution in [2.75, 3.05) is 77.0 Å². The van der Waals surface area contributed by atoms with Gasteiger partial charge in [-0.1, -0.05) is 6.92 Å². The molecule has 0 saturated carbocycles. The standard InChI is InChI=1S/C19H32N6O2/c1-3-23-7-9-25(10-8-23)19-21-15-17(16(2)22-19)18(26)20-5-4-6-24-11-13-27-14-12-24/h15H,3-14H2,1-2H3,(H,20,26). The minimum absolute atomic E-state index is 0.0863. The fourth-order valence-electron chi connectivity index (χ4n) is 3.52. The molecule has 1 amide bonds. The lowest BCUT2D eigenvalue weighted by molar-refractivity contribution is 0.0374. The predicted molar refractivity (Wildman–Crippen MR) is 105 cm³/mol. The van der Waals surface area contributed by atoms with Gasteiger partial charge in [-0.3, -0.25) is 9.69 Å². The number of ether oxygens (including phenoxy) is 1. The molecule has 0 radical (unpaired) electrons. The third-order valence-electron chi connectivity index (χ3n) is 5.35. The van der Waals surface area contributed by atoms with E-state index in [0.717, 1.165) is 83.6 Å². The molecule has 3 heterocycles. The summed E-state index contributed by atoms with van der Waals surface area (Å²) in [7, 11) is 0. The molecule has 2 fully saturated rings. The zero-order valence-corrected chi connectivity index (χ0v) is 16.6. The number of amides is 1. The molecule has 3 rings (SSSR count). The highest BCUT2D eigenvalue weighted by molar-refractivity contribution is 5.94. The van der Waals surface area contributed by atoms with Gasteiger partial charge in [-0.2, -0.15) is 0 Å². The van der Waals surface area contributed by atoms with Crippen LogP contribution in [0.1, 0.15) is 29.4 Å². The molecular formula is C19H32N6O2. The van der Waals surface area contributed by atoms with Crippen LogP contribution in [0.5, 0.6) is 0 Å². The van der Waals surface area contributed by atoms with Crippen molar-refractivity contribution in [1.29, 1.82) is 0 Å². The maximum Gasteiger partial charge on any atom is 0.254 e. The molecule has 0 bridgehead atoms. The van der Waals surface area contributed by atoms with Crippen LogP contribution >= 0.6 is 0 Å². The van der Waals surface area contributed by atoms with Crippen molar-refractivity contribution in [2.45, 2.75) is 20.3 Å². The number of morpholine rings is 1. The van der Waals surface area contributed by atoms with Crippen molar-refractivity contribution in [3.05, 3.63) is 17.5 Å². The van der Waals surface area contributed by atoms with Crippen molar-refractivity contribution in [2.24, 2.45) is 0 Å². The number of aromatic nitrogens is 2. The Morgan fingerprint density at radius 3 is 2.56 bits per heavy atom. The topological polar surface area (TPSA) is 73.8 Å². The zero-order valence-electron chi connectivity index (χ0n) is 16.6. The third kappa shape index (κ3) is 5.60. The summed E-state index contributed by atoms with van der Waals surface area (Å²) in [6.07, 6.45) is 2.60. The van der Waals surface area contributed by atoms with Crippen LogP contribution in [0, 0.1) is 6.92 Å². The van der Waals surface area contributed by atoms with Crippen LogP contribution in [0.15, 0.2) is 6.20 Å². The van der Waals surface area contributed by atoms with Crippen molar-refractivity contribution in [3.63, 3.8) is 0 Å². The molecule has 8 heteroatoms. The number of hydrogen-bond acceptors (Lipinski definition) is 7. The lowest BCUT2D eigenvalue weighted by Gasteiger charge is -2.34. The Hall–Kier alpha value is -1.77. The van der Waals surface area contributed by atoms with E-state index in [9.17, 15) is 4.79 Å². The number of rotatable bonds is 7. The molecular weight excluding hydrogens is 344 g/mol. The summed E-state index contributed by atoms with van der Waals surface area (Å²) in [5.41, 5.74) is 1.31. The summed E-state index contributed by atoms with van der Waals surface area (Å²) in [6.45, 7) is 14.3. The Kier molecular flexibility index (Phi) is 7.37. The third-order valence-corrected chi connectivity index (χ3v) is 5.35. The first-order valence-electron chi connectivity index (χ1n) is 10.1. The van der Waals surface area contributed by atoms with E-state index in [4.69, 9.17) is 4.74 Å². The summed E-state index contributed by atoms with van der Waals surface area (Å²) in [4.78, 5) is 28.5. The number of nitrogens with one attached hydrogen (secondary N) is 1. The molecule has 1 aromatic heterocycles. The number of likely N-dealkylation sites (N-methyl/N-ethyl adjacent to an activating group) is 1. The highest BCUT2D eigenvalue weighted by Crippen LogP contribution is 2.13. The maximum absolute atomic E-state index is 12.4. The van der Waals surface area contributed by atoms with E-state index in [1.807, 2.05) is 6.92 Å². The number of carbonyl (C=O) groups is 1. The first kappa shape index (κ1) is 20.0. The Morgan fingerprint density at radius 1 is 1.15 bits per heavy atom. The molecule has 2 saturated heterocycles. The minimum Gasteiger partial charge on any atom is -0.379 e. The van der Waals surface area contributed by atoms with Crippen LogP contribution < -0.4 is 10.2 Å². The van der Waals surface area contributed by atoms with E-state index in [2.05, 4.69) is 36.9 Å². The van der Waals surface area contributed by atoms with E-state index in [0.29, 0.717) is 12.1 Å². The number of piperazine rings is 1. The maximum atomic E-state index is 12.4. The van der Waals surface area contributed by atoms with E-state index in [-0.39, 0.29) is 5.91 Å². The zero-order chi connectivity index (χ0) is 19.1. The van der Waals surface area contributed by atoms with E-state index in [1.54, 1.807) is 6.20 Å². The highest BCUT2D eigenvalue weighted by atomic mass is 16.5. The molecule has 0 spiro atoms. The normalized spacial score (nSPS) is 19.3. The number of aryl methyl sites for hydroxylation is 1. The summed E-state index contributed by atoms with van der Waals surface area (Å²) in [6, 6.07) is 0. The fraction of sp³-hybridized carbons (Fsp3) is 0.737. The number of anilines is 1. The van der Waals surface area contributed by atoms with Gasteiger partial charge in [0, 0.05) is 52.0 Å². The second-order valence-electron chi connectivity index (χ2n) is 7.15. The van der Waals surface area contributed by atoms with Gasteiger partial charge >= 0.3 is 0 Å². The van der Waals surface area contributed by atoms with Crippen LogP contribution in [-0.4, -0.2) is 97.8 Å². The Balaban J connectivity index is 1.45. The van der Waals surface area contributed by atoms with Crippen LogP contribution in [0.2, 0.25) is 0 Å². The van der Waals surface area contributed by atoms with Gasteiger partial charge in [0.2, 0.25) is 5.95 Å². The number of nitrogens with zero attached hydrogens (tertiary/aromatic N) is 5. The average molecular weight is 377 g/mol. The second kappa shape index (κ2) is 9.96. The summed E-state index contributed by atoms with van der Waals surface area (Å²) in [5.74, 6) is 0.643. The fourth-order valence-corrected chi connectivity index (χ4v) is 3.52. The van der Waals surface area contributed by atoms with Crippen molar-refractivity contribution < 1.29 is 9.53 Å². The molecule has 2 aliphatic heterocycles. The van der Waals surface area contributed by atoms with Crippen LogP contribution in [0.25, 0.3) is 0 Å². The lowest BCUT2D eigenvalue weighted by Crippen LogP contribution is -2.46. The van der Waals surface area contributed by atoms with Crippen molar-refractivity contribution >= 4 is 11.9 Å². The molecule has 27 heavy (non-hydrogen) atoms. The van der Waals surface area contributed by atoms with Crippen LogP contribution in [-0.2, 0) is 4.74 Å². The van der Waals surface area contributed by atoms with E-state index >= 15 is 0 Å². The number of carbonyl (C=O) groups excluding carboxylic acids is 1. The van der Waals surface area contributed by atoms with Gasteiger partial charge in [-0.05, 0) is 26.4 Å². The molecule has 1 N–H and O–H groups in total. The SMILES string of the molecule is CCN1CCN(c2ncc(C(=O)NCCCN3CCOCC3)c(C)n2)CC1. The van der Waals surface area contributed by atoms with Gasteiger partial charge in [0.1, 0.15) is 0 Å². The minimum atomic E-state index is -0.0863. The largest absolute Gasteiger partial charge is 0.379 e. The van der Waals surface area contributed by atoms with E-state index in [1.165, 1.54) is 0 Å². The smallest absolute Gasteiger partial charge is 0.254 e. The average Bonchev–Trinajstić information content (AvgIpc) is 2.72. The van der Waals surface area contributed by atoms with Crippen molar-refractivity contribution in [1.82, 2.24) is 25.1 Å². The van der Waals surface area contributed by atoms with Gasteiger partial charge in [-0.25, -0.2) is 9.97 Å². The molecule has 150 valence electrons. The molecule has 0 atom stereocenters. The highest BCUT2D eigenvalue weighted by Gasteiger charge is 2.19. The molecule has 8 nitrogen and oxygen atoms in total. The number of hydrogen-bond donors (Lipinski definition) is 1. The quantitative estimate of drug-likeness (QED) is 0.690. The van der Waals surface area contributed by atoms with Crippen LogP contribution in [0.3, 0.4) is 0 Å². The Bertz CT molecular complexity index is 612. The lowest BCUT2D eigenvalue weighted by atomic mass is 10.2.